The molecule has 3 aromatic heterocycles. The summed E-state index contributed by atoms with van der Waals surface area (Å²) in [6.45, 7) is 0.780. The van der Waals surface area contributed by atoms with Crippen molar-refractivity contribution in [3.63, 3.8) is 0 Å². The van der Waals surface area contributed by atoms with Crippen LogP contribution in [0.5, 0.6) is 0 Å². The minimum atomic E-state index is -0.0775. The average molecular weight is 348 g/mol. The fraction of sp³-hybridized carbons (Fsp3) is 0.105. The Hall–Kier alpha value is -2.86. The second-order valence-corrected chi connectivity index (χ2v) is 6.71. The fourth-order valence-electron chi connectivity index (χ4n) is 2.66. The van der Waals surface area contributed by atoms with Gasteiger partial charge in [0.05, 0.1) is 5.69 Å². The van der Waals surface area contributed by atoms with Gasteiger partial charge < -0.3 is 4.57 Å². The van der Waals surface area contributed by atoms with Crippen LogP contribution in [0, 0.1) is 0 Å². The molecule has 0 radical (unpaired) electrons. The van der Waals surface area contributed by atoms with Crippen molar-refractivity contribution in [1.29, 1.82) is 0 Å². The third-order valence-electron chi connectivity index (χ3n) is 3.91. The van der Waals surface area contributed by atoms with E-state index in [0.717, 1.165) is 17.9 Å². The van der Waals surface area contributed by atoms with Crippen LogP contribution in [0.4, 0.5) is 0 Å². The number of hydrogen-bond donors (Lipinski definition) is 0. The van der Waals surface area contributed by atoms with Crippen molar-refractivity contribution in [2.45, 2.75) is 11.4 Å². The Labute approximate surface area is 149 Å². The van der Waals surface area contributed by atoms with Crippen LogP contribution in [0.15, 0.2) is 83.0 Å². The SMILES string of the molecule is O=c1cc(-c2ccncc2)nc2n(CCSc3ccccc3)ccn12. The molecule has 0 N–H and O–H groups in total. The minimum absolute atomic E-state index is 0.0775. The summed E-state index contributed by atoms with van der Waals surface area (Å²) < 4.78 is 3.60. The summed E-state index contributed by atoms with van der Waals surface area (Å²) in [7, 11) is 0. The first kappa shape index (κ1) is 15.7. The van der Waals surface area contributed by atoms with Crippen molar-refractivity contribution in [3.05, 3.63) is 83.7 Å². The maximum atomic E-state index is 12.4. The summed E-state index contributed by atoms with van der Waals surface area (Å²) in [5.74, 6) is 1.57. The first-order chi connectivity index (χ1) is 12.3. The van der Waals surface area contributed by atoms with Crippen LogP contribution in [0.3, 0.4) is 0 Å². The number of rotatable bonds is 5. The van der Waals surface area contributed by atoms with Gasteiger partial charge >= 0.3 is 0 Å². The van der Waals surface area contributed by atoms with E-state index in [9.17, 15) is 4.79 Å². The van der Waals surface area contributed by atoms with Crippen molar-refractivity contribution in [1.82, 2.24) is 18.9 Å². The molecule has 4 aromatic rings. The Kier molecular flexibility index (Phi) is 4.35. The van der Waals surface area contributed by atoms with Crippen LogP contribution in [0.1, 0.15) is 0 Å². The van der Waals surface area contributed by atoms with Gasteiger partial charge in [-0.05, 0) is 24.3 Å². The number of benzene rings is 1. The summed E-state index contributed by atoms with van der Waals surface area (Å²) in [6, 6.07) is 15.6. The highest BCUT2D eigenvalue weighted by Crippen LogP contribution is 2.18. The smallest absolute Gasteiger partial charge is 0.259 e. The number of hydrogen-bond acceptors (Lipinski definition) is 4. The molecule has 124 valence electrons. The summed E-state index contributed by atoms with van der Waals surface area (Å²) in [6.07, 6.45) is 7.09. The first-order valence-corrected chi connectivity index (χ1v) is 8.96. The van der Waals surface area contributed by atoms with Crippen LogP contribution in [-0.2, 0) is 6.54 Å². The number of aromatic nitrogens is 4. The quantitative estimate of drug-likeness (QED) is 0.519. The number of aryl methyl sites for hydroxylation is 1. The molecule has 0 aliphatic rings. The predicted molar refractivity (Wildman–Crippen MR) is 99.8 cm³/mol. The van der Waals surface area contributed by atoms with Gasteiger partial charge in [0.25, 0.3) is 5.56 Å². The van der Waals surface area contributed by atoms with Crippen molar-refractivity contribution in [3.8, 4) is 11.3 Å². The van der Waals surface area contributed by atoms with Crippen molar-refractivity contribution >= 4 is 17.5 Å². The van der Waals surface area contributed by atoms with Crippen LogP contribution in [-0.4, -0.2) is 24.7 Å². The van der Waals surface area contributed by atoms with E-state index in [-0.39, 0.29) is 5.56 Å². The van der Waals surface area contributed by atoms with Crippen molar-refractivity contribution in [2.75, 3.05) is 5.75 Å². The number of fused-ring (bicyclic) bond motifs is 1. The van der Waals surface area contributed by atoms with Gasteiger partial charge in [0.1, 0.15) is 0 Å². The van der Waals surface area contributed by atoms with Gasteiger partial charge in [0, 0.05) is 53.6 Å². The van der Waals surface area contributed by atoms with E-state index in [2.05, 4.69) is 22.1 Å². The lowest BCUT2D eigenvalue weighted by molar-refractivity contribution is 0.784. The summed E-state index contributed by atoms with van der Waals surface area (Å²) in [5, 5.41) is 0. The monoisotopic (exact) mass is 348 g/mol. The van der Waals surface area contributed by atoms with E-state index in [1.165, 1.54) is 4.90 Å². The molecule has 0 saturated carbocycles. The molecule has 0 bridgehead atoms. The van der Waals surface area contributed by atoms with Gasteiger partial charge in [-0.25, -0.2) is 4.98 Å². The van der Waals surface area contributed by atoms with Crippen molar-refractivity contribution in [2.24, 2.45) is 0 Å². The van der Waals surface area contributed by atoms with E-state index in [0.29, 0.717) is 11.5 Å². The van der Waals surface area contributed by atoms with E-state index in [4.69, 9.17) is 0 Å². The molecule has 6 heteroatoms. The van der Waals surface area contributed by atoms with Crippen LogP contribution < -0.4 is 5.56 Å². The normalized spacial score (nSPS) is 11.0. The summed E-state index contributed by atoms with van der Waals surface area (Å²) in [4.78, 5) is 22.3. The van der Waals surface area contributed by atoms with Crippen LogP contribution in [0.2, 0.25) is 0 Å². The first-order valence-electron chi connectivity index (χ1n) is 7.98. The molecule has 5 nitrogen and oxygen atoms in total. The summed E-state index contributed by atoms with van der Waals surface area (Å²) in [5.41, 5.74) is 1.48. The van der Waals surface area contributed by atoms with Gasteiger partial charge in [-0.3, -0.25) is 14.2 Å². The zero-order chi connectivity index (χ0) is 17.1. The molecular weight excluding hydrogens is 332 g/mol. The average Bonchev–Trinajstić information content (AvgIpc) is 3.07. The molecule has 25 heavy (non-hydrogen) atoms. The molecular formula is C19H16N4OS. The summed E-state index contributed by atoms with van der Waals surface area (Å²) >= 11 is 1.79. The Bertz CT molecular complexity index is 1040. The second-order valence-electron chi connectivity index (χ2n) is 5.54. The van der Waals surface area contributed by atoms with Gasteiger partial charge in [0.15, 0.2) is 0 Å². The standard InChI is InChI=1S/C19H16N4OS/c24-18-14-17(15-6-8-20-9-7-15)21-19-22(10-11-23(18)19)12-13-25-16-4-2-1-3-5-16/h1-11,14H,12-13H2. The van der Waals surface area contributed by atoms with Crippen LogP contribution in [0.25, 0.3) is 17.0 Å². The highest BCUT2D eigenvalue weighted by molar-refractivity contribution is 7.99. The highest BCUT2D eigenvalue weighted by atomic mass is 32.2. The molecule has 0 atom stereocenters. The van der Waals surface area contributed by atoms with E-state index in [1.54, 1.807) is 40.8 Å². The van der Waals surface area contributed by atoms with E-state index >= 15 is 0 Å². The molecule has 0 fully saturated rings. The minimum Gasteiger partial charge on any atom is -0.316 e. The van der Waals surface area contributed by atoms with Crippen LogP contribution >= 0.6 is 11.8 Å². The lowest BCUT2D eigenvalue weighted by Gasteiger charge is -2.06. The predicted octanol–water partition coefficient (Wildman–Crippen LogP) is 3.35. The Morgan fingerprint density at radius 1 is 1.00 bits per heavy atom. The molecule has 0 aliphatic carbocycles. The lowest BCUT2D eigenvalue weighted by atomic mass is 10.2. The van der Waals surface area contributed by atoms with E-state index in [1.807, 2.05) is 41.1 Å². The topological polar surface area (TPSA) is 52.2 Å². The largest absolute Gasteiger partial charge is 0.316 e. The Morgan fingerprint density at radius 2 is 1.80 bits per heavy atom. The fourth-order valence-corrected chi connectivity index (χ4v) is 3.53. The van der Waals surface area contributed by atoms with Gasteiger partial charge in [0.2, 0.25) is 5.78 Å². The third kappa shape index (κ3) is 3.34. The van der Waals surface area contributed by atoms with Crippen molar-refractivity contribution < 1.29 is 0 Å². The number of nitrogens with zero attached hydrogens (tertiary/aromatic N) is 4. The van der Waals surface area contributed by atoms with Gasteiger partial charge in [-0.1, -0.05) is 18.2 Å². The lowest BCUT2D eigenvalue weighted by Crippen LogP contribution is -2.14. The molecule has 0 amide bonds. The molecule has 4 rings (SSSR count). The molecule has 1 aromatic carbocycles. The van der Waals surface area contributed by atoms with Gasteiger partial charge in [-0.15, -0.1) is 11.8 Å². The van der Waals surface area contributed by atoms with Gasteiger partial charge in [-0.2, -0.15) is 0 Å². The Morgan fingerprint density at radius 3 is 2.60 bits per heavy atom. The molecule has 3 heterocycles. The maximum Gasteiger partial charge on any atom is 0.259 e. The molecule has 0 unspecified atom stereocenters. The number of pyridine rings is 1. The third-order valence-corrected chi connectivity index (χ3v) is 4.90. The maximum absolute atomic E-state index is 12.4. The highest BCUT2D eigenvalue weighted by Gasteiger charge is 2.08. The zero-order valence-corrected chi connectivity index (χ0v) is 14.3. The zero-order valence-electron chi connectivity index (χ0n) is 13.4. The number of imidazole rings is 1. The second kappa shape index (κ2) is 6.94. The molecule has 0 saturated heterocycles. The Balaban J connectivity index is 1.61. The molecule has 0 aliphatic heterocycles. The van der Waals surface area contributed by atoms with E-state index < -0.39 is 0 Å². The number of thioether (sulfide) groups is 1. The molecule has 0 spiro atoms.